The fraction of sp³-hybridized carbons (Fsp3) is 0.348. The summed E-state index contributed by atoms with van der Waals surface area (Å²) in [6, 6.07) is 12.7. The highest BCUT2D eigenvalue weighted by Crippen LogP contribution is 2.32. The van der Waals surface area contributed by atoms with E-state index in [1.54, 1.807) is 39.5 Å². The van der Waals surface area contributed by atoms with E-state index in [1.807, 2.05) is 35.8 Å². The molecule has 3 aromatic rings. The maximum Gasteiger partial charge on any atom is 0.237 e. The van der Waals surface area contributed by atoms with Crippen molar-refractivity contribution in [3.05, 3.63) is 47.5 Å². The molecule has 3 rings (SSSR count). The zero-order chi connectivity index (χ0) is 23.8. The maximum absolute atomic E-state index is 12.9. The Morgan fingerprint density at radius 1 is 1.12 bits per heavy atom. The summed E-state index contributed by atoms with van der Waals surface area (Å²) < 4.78 is 17.7. The number of aromatic nitrogens is 3. The van der Waals surface area contributed by atoms with Gasteiger partial charge in [-0.2, -0.15) is 0 Å². The summed E-state index contributed by atoms with van der Waals surface area (Å²) in [7, 11) is 4.78. The predicted octanol–water partition coefficient (Wildman–Crippen LogP) is 4.77. The summed E-state index contributed by atoms with van der Waals surface area (Å²) in [4.78, 5) is 12.9. The molecule has 2 aromatic carbocycles. The standard InChI is InChI=1S/C23H27ClN4O4S/c1-15(22(29)25-16-10-11-19(31-3)20(14-16)32-4)33-23-27-26-21(28(23)12-7-13-30-2)17-8-5-6-9-18(17)24/h5-6,8-11,14-15H,7,12-13H2,1-4H3,(H,25,29). The molecule has 0 aliphatic carbocycles. The minimum Gasteiger partial charge on any atom is -0.493 e. The van der Waals surface area contributed by atoms with Gasteiger partial charge in [0.1, 0.15) is 0 Å². The molecule has 0 spiro atoms. The molecule has 33 heavy (non-hydrogen) atoms. The Morgan fingerprint density at radius 3 is 2.58 bits per heavy atom. The fourth-order valence-electron chi connectivity index (χ4n) is 3.16. The molecule has 1 atom stereocenters. The zero-order valence-corrected chi connectivity index (χ0v) is 20.6. The van der Waals surface area contributed by atoms with E-state index in [2.05, 4.69) is 15.5 Å². The summed E-state index contributed by atoms with van der Waals surface area (Å²) >= 11 is 7.73. The monoisotopic (exact) mass is 490 g/mol. The SMILES string of the molecule is COCCCn1c(SC(C)C(=O)Nc2ccc(OC)c(OC)c2)nnc1-c1ccccc1Cl. The molecule has 8 nitrogen and oxygen atoms in total. The summed E-state index contributed by atoms with van der Waals surface area (Å²) in [5.41, 5.74) is 1.40. The van der Waals surface area contributed by atoms with Gasteiger partial charge in [-0.15, -0.1) is 10.2 Å². The fourth-order valence-corrected chi connectivity index (χ4v) is 4.25. The minimum atomic E-state index is -0.428. The van der Waals surface area contributed by atoms with Gasteiger partial charge in [0.05, 0.1) is 24.5 Å². The predicted molar refractivity (Wildman–Crippen MR) is 130 cm³/mol. The van der Waals surface area contributed by atoms with Crippen molar-refractivity contribution < 1.29 is 19.0 Å². The summed E-state index contributed by atoms with van der Waals surface area (Å²) in [5.74, 6) is 1.62. The van der Waals surface area contributed by atoms with Gasteiger partial charge in [0, 0.05) is 37.6 Å². The van der Waals surface area contributed by atoms with E-state index < -0.39 is 5.25 Å². The van der Waals surface area contributed by atoms with Gasteiger partial charge in [-0.1, -0.05) is 35.5 Å². The first-order valence-corrected chi connectivity index (χ1v) is 11.6. The first-order valence-electron chi connectivity index (χ1n) is 10.3. The molecule has 176 valence electrons. The van der Waals surface area contributed by atoms with E-state index in [9.17, 15) is 4.79 Å². The van der Waals surface area contributed by atoms with Crippen LogP contribution in [0.1, 0.15) is 13.3 Å². The third-order valence-corrected chi connectivity index (χ3v) is 6.27. The van der Waals surface area contributed by atoms with E-state index in [0.717, 1.165) is 12.0 Å². The van der Waals surface area contributed by atoms with Gasteiger partial charge in [-0.05, 0) is 37.6 Å². The van der Waals surface area contributed by atoms with Crippen molar-refractivity contribution in [3.8, 4) is 22.9 Å². The normalized spacial score (nSPS) is 11.8. The lowest BCUT2D eigenvalue weighted by atomic mass is 10.2. The molecular weight excluding hydrogens is 464 g/mol. The Morgan fingerprint density at radius 2 is 1.88 bits per heavy atom. The quantitative estimate of drug-likeness (QED) is 0.306. The Labute approximate surface area is 202 Å². The van der Waals surface area contributed by atoms with Crippen LogP contribution in [0.25, 0.3) is 11.4 Å². The lowest BCUT2D eigenvalue weighted by Gasteiger charge is -2.15. The number of rotatable bonds is 11. The minimum absolute atomic E-state index is 0.169. The van der Waals surface area contributed by atoms with E-state index in [0.29, 0.717) is 46.3 Å². The highest BCUT2D eigenvalue weighted by atomic mass is 35.5. The molecule has 0 aliphatic rings. The molecule has 0 radical (unpaired) electrons. The van der Waals surface area contributed by atoms with Gasteiger partial charge in [0.15, 0.2) is 22.5 Å². The van der Waals surface area contributed by atoms with E-state index >= 15 is 0 Å². The molecule has 10 heteroatoms. The number of amides is 1. The molecule has 1 heterocycles. The van der Waals surface area contributed by atoms with Crippen molar-refractivity contribution in [3.63, 3.8) is 0 Å². The number of hydrogen-bond acceptors (Lipinski definition) is 7. The van der Waals surface area contributed by atoms with E-state index in [4.69, 9.17) is 25.8 Å². The second kappa shape index (κ2) is 11.9. The van der Waals surface area contributed by atoms with Crippen molar-refractivity contribution in [1.29, 1.82) is 0 Å². The average Bonchev–Trinajstić information content (AvgIpc) is 3.21. The van der Waals surface area contributed by atoms with Gasteiger partial charge in [0.2, 0.25) is 5.91 Å². The smallest absolute Gasteiger partial charge is 0.237 e. The van der Waals surface area contributed by atoms with Crippen LogP contribution in [0.4, 0.5) is 5.69 Å². The van der Waals surface area contributed by atoms with Crippen LogP contribution in [0.3, 0.4) is 0 Å². The van der Waals surface area contributed by atoms with Crippen LogP contribution in [0, 0.1) is 0 Å². The largest absolute Gasteiger partial charge is 0.493 e. The van der Waals surface area contributed by atoms with E-state index in [-0.39, 0.29) is 5.91 Å². The van der Waals surface area contributed by atoms with Crippen molar-refractivity contribution in [1.82, 2.24) is 14.8 Å². The number of benzene rings is 2. The van der Waals surface area contributed by atoms with Crippen molar-refractivity contribution in [2.24, 2.45) is 0 Å². The second-order valence-corrected chi connectivity index (χ2v) is 8.82. The van der Waals surface area contributed by atoms with Crippen LogP contribution in [-0.2, 0) is 16.1 Å². The molecule has 0 bridgehead atoms. The molecule has 0 fully saturated rings. The number of methoxy groups -OCH3 is 3. The van der Waals surface area contributed by atoms with Crippen LogP contribution < -0.4 is 14.8 Å². The molecule has 1 unspecified atom stereocenters. The number of hydrogen-bond donors (Lipinski definition) is 1. The number of thioether (sulfide) groups is 1. The number of ether oxygens (including phenoxy) is 3. The first kappa shape index (κ1) is 24.9. The van der Waals surface area contributed by atoms with Crippen LogP contribution in [0.15, 0.2) is 47.6 Å². The average molecular weight is 491 g/mol. The van der Waals surface area contributed by atoms with Crippen LogP contribution in [0.2, 0.25) is 5.02 Å². The Kier molecular flexibility index (Phi) is 8.99. The number of nitrogens with zero attached hydrogens (tertiary/aromatic N) is 3. The molecule has 0 aliphatic heterocycles. The maximum atomic E-state index is 12.9. The van der Waals surface area contributed by atoms with Gasteiger partial charge in [-0.3, -0.25) is 4.79 Å². The van der Waals surface area contributed by atoms with Gasteiger partial charge in [0.25, 0.3) is 0 Å². The summed E-state index contributed by atoms with van der Waals surface area (Å²) in [6.45, 7) is 3.05. The molecule has 1 N–H and O–H groups in total. The van der Waals surface area contributed by atoms with E-state index in [1.165, 1.54) is 11.8 Å². The number of carbonyl (C=O) groups excluding carboxylic acids is 1. The number of nitrogens with one attached hydrogen (secondary N) is 1. The van der Waals surface area contributed by atoms with Crippen molar-refractivity contribution in [2.75, 3.05) is 33.3 Å². The highest BCUT2D eigenvalue weighted by Gasteiger charge is 2.22. The third kappa shape index (κ3) is 6.19. The topological polar surface area (TPSA) is 87.5 Å². The summed E-state index contributed by atoms with van der Waals surface area (Å²) in [6.07, 6.45) is 0.770. The Balaban J connectivity index is 1.78. The van der Waals surface area contributed by atoms with Gasteiger partial charge < -0.3 is 24.1 Å². The molecule has 1 amide bonds. The lowest BCUT2D eigenvalue weighted by Crippen LogP contribution is -2.23. The highest BCUT2D eigenvalue weighted by molar-refractivity contribution is 8.00. The molecular formula is C23H27ClN4O4S. The van der Waals surface area contributed by atoms with Gasteiger partial charge >= 0.3 is 0 Å². The first-order chi connectivity index (χ1) is 16.0. The number of carbonyl (C=O) groups is 1. The third-order valence-electron chi connectivity index (χ3n) is 4.86. The van der Waals surface area contributed by atoms with Crippen LogP contribution in [0.5, 0.6) is 11.5 Å². The second-order valence-electron chi connectivity index (χ2n) is 7.10. The Hall–Kier alpha value is -2.75. The summed E-state index contributed by atoms with van der Waals surface area (Å²) in [5, 5.41) is 12.4. The van der Waals surface area contributed by atoms with Crippen LogP contribution in [-0.4, -0.2) is 53.9 Å². The molecule has 1 aromatic heterocycles. The van der Waals surface area contributed by atoms with Crippen molar-refractivity contribution in [2.45, 2.75) is 30.3 Å². The molecule has 0 saturated carbocycles. The van der Waals surface area contributed by atoms with Gasteiger partial charge in [-0.25, -0.2) is 0 Å². The number of anilines is 1. The van der Waals surface area contributed by atoms with Crippen LogP contribution >= 0.6 is 23.4 Å². The lowest BCUT2D eigenvalue weighted by molar-refractivity contribution is -0.115. The zero-order valence-electron chi connectivity index (χ0n) is 19.0. The Bertz CT molecular complexity index is 1090. The number of halogens is 1. The molecule has 0 saturated heterocycles. The van der Waals surface area contributed by atoms with Crippen molar-refractivity contribution >= 4 is 35.0 Å².